The van der Waals surface area contributed by atoms with Crippen molar-refractivity contribution in [3.05, 3.63) is 24.0 Å². The van der Waals surface area contributed by atoms with Gasteiger partial charge >= 0.3 is 0 Å². The molecule has 0 aromatic carbocycles. The van der Waals surface area contributed by atoms with Gasteiger partial charge in [0.15, 0.2) is 5.76 Å². The van der Waals surface area contributed by atoms with E-state index in [4.69, 9.17) is 21.1 Å². The largest absolute Gasteiger partial charge is 0.463 e. The Morgan fingerprint density at radius 1 is 1.33 bits per heavy atom. The molecule has 0 aliphatic carbocycles. The van der Waals surface area contributed by atoms with Crippen molar-refractivity contribution in [3.8, 4) is 17.5 Å². The highest BCUT2D eigenvalue weighted by Crippen LogP contribution is 2.25. The standard InChI is InChI=1S/C9H7N5O/c10-4-5-7(6-2-1-3-15-6)13-9(12)14-8(5)11/h1-3H,(H4,11,12,13,14). The summed E-state index contributed by atoms with van der Waals surface area (Å²) in [4.78, 5) is 7.61. The van der Waals surface area contributed by atoms with Gasteiger partial charge in [0.25, 0.3) is 0 Å². The first-order chi connectivity index (χ1) is 7.22. The van der Waals surface area contributed by atoms with Crippen molar-refractivity contribution in [2.75, 3.05) is 11.5 Å². The first kappa shape index (κ1) is 9.02. The van der Waals surface area contributed by atoms with Crippen LogP contribution in [0, 0.1) is 11.3 Å². The Morgan fingerprint density at radius 3 is 2.73 bits per heavy atom. The summed E-state index contributed by atoms with van der Waals surface area (Å²) in [5.41, 5.74) is 11.5. The van der Waals surface area contributed by atoms with Crippen LogP contribution in [0.3, 0.4) is 0 Å². The van der Waals surface area contributed by atoms with E-state index in [2.05, 4.69) is 9.97 Å². The molecule has 0 saturated heterocycles. The third-order valence-electron chi connectivity index (χ3n) is 1.82. The Bertz CT molecular complexity index is 526. The normalized spacial score (nSPS) is 9.80. The lowest BCUT2D eigenvalue weighted by Gasteiger charge is -2.03. The van der Waals surface area contributed by atoms with Crippen LogP contribution in [0.1, 0.15) is 5.56 Å². The topological polar surface area (TPSA) is 115 Å². The molecule has 0 aliphatic heterocycles. The average molecular weight is 201 g/mol. The van der Waals surface area contributed by atoms with Gasteiger partial charge in [0.1, 0.15) is 23.1 Å². The summed E-state index contributed by atoms with van der Waals surface area (Å²) in [6, 6.07) is 5.27. The van der Waals surface area contributed by atoms with Gasteiger partial charge in [0.05, 0.1) is 6.26 Å². The lowest BCUT2D eigenvalue weighted by Crippen LogP contribution is -2.04. The number of aromatic nitrogens is 2. The molecule has 0 bridgehead atoms. The maximum absolute atomic E-state index is 8.90. The Kier molecular flexibility index (Phi) is 1.99. The summed E-state index contributed by atoms with van der Waals surface area (Å²) >= 11 is 0. The SMILES string of the molecule is N#Cc1c(N)nc(N)nc1-c1ccco1. The molecule has 0 amide bonds. The summed E-state index contributed by atoms with van der Waals surface area (Å²) in [5, 5.41) is 8.90. The van der Waals surface area contributed by atoms with Gasteiger partial charge in [-0.1, -0.05) is 0 Å². The predicted molar refractivity (Wildman–Crippen MR) is 53.3 cm³/mol. The minimum Gasteiger partial charge on any atom is -0.463 e. The van der Waals surface area contributed by atoms with E-state index in [0.29, 0.717) is 11.5 Å². The van der Waals surface area contributed by atoms with Crippen LogP contribution in [0.4, 0.5) is 11.8 Å². The molecule has 74 valence electrons. The van der Waals surface area contributed by atoms with Crippen LogP contribution in [0.25, 0.3) is 11.5 Å². The monoisotopic (exact) mass is 201 g/mol. The van der Waals surface area contributed by atoms with E-state index < -0.39 is 0 Å². The first-order valence-electron chi connectivity index (χ1n) is 4.09. The highest BCUT2D eigenvalue weighted by molar-refractivity contribution is 5.69. The fourth-order valence-corrected chi connectivity index (χ4v) is 1.20. The molecule has 0 atom stereocenters. The minimum atomic E-state index is 0.0119. The number of rotatable bonds is 1. The molecule has 0 spiro atoms. The molecule has 6 heteroatoms. The van der Waals surface area contributed by atoms with Crippen LogP contribution in [0.5, 0.6) is 0 Å². The van der Waals surface area contributed by atoms with Gasteiger partial charge < -0.3 is 15.9 Å². The summed E-state index contributed by atoms with van der Waals surface area (Å²) in [6.07, 6.45) is 1.48. The van der Waals surface area contributed by atoms with E-state index in [9.17, 15) is 0 Å². The van der Waals surface area contributed by atoms with Gasteiger partial charge in [-0.3, -0.25) is 0 Å². The lowest BCUT2D eigenvalue weighted by atomic mass is 10.2. The molecule has 4 N–H and O–H groups in total. The molecule has 0 radical (unpaired) electrons. The van der Waals surface area contributed by atoms with E-state index in [1.54, 1.807) is 12.1 Å². The number of nitrogens with two attached hydrogens (primary N) is 2. The summed E-state index contributed by atoms with van der Waals surface area (Å²) in [6.45, 7) is 0. The zero-order valence-electron chi connectivity index (χ0n) is 7.64. The number of anilines is 2. The second-order valence-corrected chi connectivity index (χ2v) is 2.78. The third kappa shape index (κ3) is 1.46. The van der Waals surface area contributed by atoms with Crippen molar-refractivity contribution in [3.63, 3.8) is 0 Å². The number of hydrogen-bond acceptors (Lipinski definition) is 6. The number of hydrogen-bond donors (Lipinski definition) is 2. The minimum absolute atomic E-state index is 0.0119. The Hall–Kier alpha value is -2.55. The first-order valence-corrected chi connectivity index (χ1v) is 4.09. The van der Waals surface area contributed by atoms with Gasteiger partial charge in [-0.05, 0) is 12.1 Å². The van der Waals surface area contributed by atoms with Crippen molar-refractivity contribution in [1.82, 2.24) is 9.97 Å². The van der Waals surface area contributed by atoms with Crippen molar-refractivity contribution in [2.45, 2.75) is 0 Å². The maximum atomic E-state index is 8.90. The molecular formula is C9H7N5O. The van der Waals surface area contributed by atoms with Crippen LogP contribution < -0.4 is 11.5 Å². The van der Waals surface area contributed by atoms with Crippen molar-refractivity contribution < 1.29 is 4.42 Å². The van der Waals surface area contributed by atoms with Crippen LogP contribution in [-0.4, -0.2) is 9.97 Å². The second-order valence-electron chi connectivity index (χ2n) is 2.78. The highest BCUT2D eigenvalue weighted by atomic mass is 16.3. The summed E-state index contributed by atoms with van der Waals surface area (Å²) < 4.78 is 5.12. The van der Waals surface area contributed by atoms with Crippen molar-refractivity contribution in [2.24, 2.45) is 0 Å². The number of nitrogen functional groups attached to an aromatic ring is 2. The second kappa shape index (κ2) is 3.31. The van der Waals surface area contributed by atoms with Crippen LogP contribution >= 0.6 is 0 Å². The predicted octanol–water partition coefficient (Wildman–Crippen LogP) is 0.773. The Labute approximate surface area is 85.2 Å². The molecule has 0 unspecified atom stereocenters. The maximum Gasteiger partial charge on any atom is 0.222 e. The van der Waals surface area contributed by atoms with E-state index in [0.717, 1.165) is 0 Å². The zero-order chi connectivity index (χ0) is 10.8. The average Bonchev–Trinajstić information content (AvgIpc) is 2.69. The zero-order valence-corrected chi connectivity index (χ0v) is 7.64. The number of furan rings is 1. The molecule has 0 fully saturated rings. The van der Waals surface area contributed by atoms with Crippen molar-refractivity contribution in [1.29, 1.82) is 5.26 Å². The van der Waals surface area contributed by atoms with Crippen LogP contribution in [0.15, 0.2) is 22.8 Å². The summed E-state index contributed by atoms with van der Waals surface area (Å²) in [7, 11) is 0. The van der Waals surface area contributed by atoms with Gasteiger partial charge in [0, 0.05) is 0 Å². The highest BCUT2D eigenvalue weighted by Gasteiger charge is 2.14. The molecule has 15 heavy (non-hydrogen) atoms. The van der Waals surface area contributed by atoms with E-state index in [1.807, 2.05) is 6.07 Å². The fraction of sp³-hybridized carbons (Fsp3) is 0. The smallest absolute Gasteiger partial charge is 0.222 e. The van der Waals surface area contributed by atoms with Gasteiger partial charge in [-0.2, -0.15) is 10.2 Å². The number of nitriles is 1. The van der Waals surface area contributed by atoms with Crippen molar-refractivity contribution >= 4 is 11.8 Å². The molecule has 2 aromatic rings. The molecule has 6 nitrogen and oxygen atoms in total. The lowest BCUT2D eigenvalue weighted by molar-refractivity contribution is 0.580. The Morgan fingerprint density at radius 2 is 2.13 bits per heavy atom. The molecule has 0 saturated carbocycles. The van der Waals surface area contributed by atoms with Gasteiger partial charge in [0.2, 0.25) is 5.95 Å². The summed E-state index contributed by atoms with van der Waals surface area (Å²) in [5.74, 6) is 0.502. The van der Waals surface area contributed by atoms with Gasteiger partial charge in [-0.15, -0.1) is 0 Å². The number of nitrogens with zero attached hydrogens (tertiary/aromatic N) is 3. The Balaban J connectivity index is 2.71. The van der Waals surface area contributed by atoms with Gasteiger partial charge in [-0.25, -0.2) is 4.98 Å². The van der Waals surface area contributed by atoms with E-state index in [-0.39, 0.29) is 17.3 Å². The molecular weight excluding hydrogens is 194 g/mol. The fourth-order valence-electron chi connectivity index (χ4n) is 1.20. The van der Waals surface area contributed by atoms with E-state index >= 15 is 0 Å². The molecule has 2 rings (SSSR count). The van der Waals surface area contributed by atoms with Crippen LogP contribution in [-0.2, 0) is 0 Å². The third-order valence-corrected chi connectivity index (χ3v) is 1.82. The quantitative estimate of drug-likeness (QED) is 0.704. The van der Waals surface area contributed by atoms with Crippen LogP contribution in [0.2, 0.25) is 0 Å². The molecule has 2 aromatic heterocycles. The van der Waals surface area contributed by atoms with E-state index in [1.165, 1.54) is 6.26 Å². The molecule has 2 heterocycles. The molecule has 0 aliphatic rings.